The Morgan fingerprint density at radius 1 is 1.41 bits per heavy atom. The van der Waals surface area contributed by atoms with Gasteiger partial charge in [0, 0.05) is 0 Å². The van der Waals surface area contributed by atoms with Crippen molar-refractivity contribution in [2.24, 2.45) is 5.73 Å². The summed E-state index contributed by atoms with van der Waals surface area (Å²) in [5, 5.41) is 11.1. The fourth-order valence-electron chi connectivity index (χ4n) is 1.39. The molecule has 1 heterocycles. The minimum absolute atomic E-state index is 0.242. The second-order valence-corrected chi connectivity index (χ2v) is 3.25. The summed E-state index contributed by atoms with van der Waals surface area (Å²) in [4.78, 5) is 11.2. The van der Waals surface area contributed by atoms with E-state index in [4.69, 9.17) is 5.73 Å². The van der Waals surface area contributed by atoms with E-state index in [0.29, 0.717) is 11.4 Å². The molecule has 0 unspecified atom stereocenters. The first kappa shape index (κ1) is 11.2. The van der Waals surface area contributed by atoms with Crippen LogP contribution in [0.5, 0.6) is 0 Å². The van der Waals surface area contributed by atoms with Crippen molar-refractivity contribution in [2.75, 3.05) is 7.11 Å². The molecule has 0 aliphatic rings. The van der Waals surface area contributed by atoms with Crippen molar-refractivity contribution < 1.29 is 9.53 Å². The van der Waals surface area contributed by atoms with Crippen LogP contribution in [0.1, 0.15) is 16.2 Å². The number of rotatable bonds is 3. The highest BCUT2D eigenvalue weighted by Crippen LogP contribution is 2.10. The van der Waals surface area contributed by atoms with E-state index >= 15 is 0 Å². The number of carbonyl (C=O) groups excluding carboxylic acids is 1. The van der Waals surface area contributed by atoms with E-state index in [1.165, 1.54) is 11.8 Å². The molecule has 2 rings (SSSR count). The zero-order chi connectivity index (χ0) is 12.3. The van der Waals surface area contributed by atoms with Crippen LogP contribution < -0.4 is 5.73 Å². The highest BCUT2D eigenvalue weighted by atomic mass is 16.5. The molecule has 0 amide bonds. The number of nitrogens with two attached hydrogens (primary N) is 1. The molecule has 0 saturated carbocycles. The van der Waals surface area contributed by atoms with Crippen LogP contribution in [0.4, 0.5) is 0 Å². The fraction of sp³-hybridized carbons (Fsp3) is 0.200. The summed E-state index contributed by atoms with van der Waals surface area (Å²) in [7, 11) is 1.34. The summed E-state index contributed by atoms with van der Waals surface area (Å²) >= 11 is 0. The Balaban J connectivity index is 2.32. The number of benzene rings is 1. The van der Waals surface area contributed by atoms with Gasteiger partial charge in [-0.1, -0.05) is 0 Å². The Hall–Kier alpha value is -2.28. The molecule has 0 aliphatic heterocycles. The highest BCUT2D eigenvalue weighted by molar-refractivity contribution is 5.89. The van der Waals surface area contributed by atoms with Crippen molar-refractivity contribution in [3.05, 3.63) is 35.7 Å². The maximum atomic E-state index is 11.2. The summed E-state index contributed by atoms with van der Waals surface area (Å²) < 4.78 is 6.12. The number of hydrogen-bond acceptors (Lipinski definition) is 6. The summed E-state index contributed by atoms with van der Waals surface area (Å²) in [6.45, 7) is 0.242. The zero-order valence-corrected chi connectivity index (χ0v) is 9.20. The van der Waals surface area contributed by atoms with E-state index in [-0.39, 0.29) is 12.5 Å². The largest absolute Gasteiger partial charge is 0.465 e. The summed E-state index contributed by atoms with van der Waals surface area (Å²) in [6.07, 6.45) is 0. The monoisotopic (exact) mass is 233 g/mol. The van der Waals surface area contributed by atoms with Gasteiger partial charge in [0.2, 0.25) is 0 Å². The summed E-state index contributed by atoms with van der Waals surface area (Å²) in [5.41, 5.74) is 6.70. The normalized spacial score (nSPS) is 10.2. The van der Waals surface area contributed by atoms with Gasteiger partial charge in [0.25, 0.3) is 0 Å². The predicted molar refractivity (Wildman–Crippen MR) is 58.4 cm³/mol. The van der Waals surface area contributed by atoms with Gasteiger partial charge in [-0.3, -0.25) is 0 Å². The van der Waals surface area contributed by atoms with Gasteiger partial charge in [-0.2, -0.15) is 4.68 Å². The number of carbonyl (C=O) groups is 1. The smallest absolute Gasteiger partial charge is 0.337 e. The second kappa shape index (κ2) is 4.71. The molecule has 0 radical (unpaired) electrons. The van der Waals surface area contributed by atoms with Crippen LogP contribution >= 0.6 is 0 Å². The highest BCUT2D eigenvalue weighted by Gasteiger charge is 2.08. The molecule has 0 aliphatic carbocycles. The lowest BCUT2D eigenvalue weighted by Crippen LogP contribution is -2.08. The standard InChI is InChI=1S/C10H11N5O2/c1-17-10(16)7-2-4-8(5-3-7)15-9(6-11)12-13-14-15/h2-5H,6,11H2,1H3. The molecule has 7 nitrogen and oxygen atoms in total. The van der Waals surface area contributed by atoms with Crippen molar-refractivity contribution in [3.8, 4) is 5.69 Å². The average molecular weight is 233 g/mol. The van der Waals surface area contributed by atoms with Crippen LogP contribution in [-0.2, 0) is 11.3 Å². The third-order valence-corrected chi connectivity index (χ3v) is 2.25. The van der Waals surface area contributed by atoms with Gasteiger partial charge in [-0.25, -0.2) is 4.79 Å². The molecule has 2 aromatic rings. The maximum Gasteiger partial charge on any atom is 0.337 e. The minimum Gasteiger partial charge on any atom is -0.465 e. The van der Waals surface area contributed by atoms with Crippen LogP contribution in [-0.4, -0.2) is 33.3 Å². The number of ether oxygens (including phenoxy) is 1. The number of hydrogen-bond donors (Lipinski definition) is 1. The fourth-order valence-corrected chi connectivity index (χ4v) is 1.39. The van der Waals surface area contributed by atoms with Gasteiger partial charge in [0.15, 0.2) is 5.82 Å². The molecule has 1 aromatic carbocycles. The lowest BCUT2D eigenvalue weighted by Gasteiger charge is -2.03. The lowest BCUT2D eigenvalue weighted by molar-refractivity contribution is 0.0601. The molecule has 2 N–H and O–H groups in total. The van der Waals surface area contributed by atoms with Crippen LogP contribution in [0.15, 0.2) is 24.3 Å². The van der Waals surface area contributed by atoms with Crippen LogP contribution in [0.25, 0.3) is 5.69 Å². The van der Waals surface area contributed by atoms with Crippen LogP contribution in [0.2, 0.25) is 0 Å². The first-order valence-electron chi connectivity index (χ1n) is 4.92. The number of nitrogens with zero attached hydrogens (tertiary/aromatic N) is 4. The van der Waals surface area contributed by atoms with Gasteiger partial charge in [0.05, 0.1) is 24.9 Å². The van der Waals surface area contributed by atoms with Crippen molar-refractivity contribution in [3.63, 3.8) is 0 Å². The Morgan fingerprint density at radius 3 is 2.71 bits per heavy atom. The molecule has 17 heavy (non-hydrogen) atoms. The van der Waals surface area contributed by atoms with Gasteiger partial charge in [-0.05, 0) is 34.7 Å². The van der Waals surface area contributed by atoms with E-state index in [0.717, 1.165) is 5.69 Å². The Morgan fingerprint density at radius 2 is 2.12 bits per heavy atom. The Labute approximate surface area is 97.2 Å². The molecule has 1 aromatic heterocycles. The molecule has 0 spiro atoms. The zero-order valence-electron chi connectivity index (χ0n) is 9.20. The molecule has 0 bridgehead atoms. The number of aromatic nitrogens is 4. The molecule has 7 heteroatoms. The molecular formula is C10H11N5O2. The van der Waals surface area contributed by atoms with Crippen molar-refractivity contribution in [2.45, 2.75) is 6.54 Å². The number of tetrazole rings is 1. The number of esters is 1. The lowest BCUT2D eigenvalue weighted by atomic mass is 10.2. The molecule has 0 atom stereocenters. The van der Waals surface area contributed by atoms with Gasteiger partial charge in [-0.15, -0.1) is 5.10 Å². The van der Waals surface area contributed by atoms with Crippen molar-refractivity contribution >= 4 is 5.97 Å². The third-order valence-electron chi connectivity index (χ3n) is 2.25. The third kappa shape index (κ3) is 2.13. The second-order valence-electron chi connectivity index (χ2n) is 3.25. The summed E-state index contributed by atoms with van der Waals surface area (Å²) in [5.74, 6) is 0.170. The minimum atomic E-state index is -0.382. The quantitative estimate of drug-likeness (QED) is 0.744. The predicted octanol–water partition coefficient (Wildman–Crippen LogP) is -0.0924. The van der Waals surface area contributed by atoms with Crippen LogP contribution in [0.3, 0.4) is 0 Å². The average Bonchev–Trinajstić information content (AvgIpc) is 2.86. The van der Waals surface area contributed by atoms with Gasteiger partial charge < -0.3 is 10.5 Å². The van der Waals surface area contributed by atoms with E-state index in [1.54, 1.807) is 24.3 Å². The first-order valence-corrected chi connectivity index (χ1v) is 4.92. The molecule has 0 fully saturated rings. The molecular weight excluding hydrogens is 222 g/mol. The van der Waals surface area contributed by atoms with Crippen molar-refractivity contribution in [1.29, 1.82) is 0 Å². The molecule has 0 saturated heterocycles. The van der Waals surface area contributed by atoms with E-state index in [2.05, 4.69) is 20.3 Å². The maximum absolute atomic E-state index is 11.2. The number of methoxy groups -OCH3 is 1. The van der Waals surface area contributed by atoms with Gasteiger partial charge in [0.1, 0.15) is 0 Å². The van der Waals surface area contributed by atoms with Crippen molar-refractivity contribution in [1.82, 2.24) is 20.2 Å². The van der Waals surface area contributed by atoms with Crippen LogP contribution in [0, 0.1) is 0 Å². The Kier molecular flexibility index (Phi) is 3.10. The van der Waals surface area contributed by atoms with Gasteiger partial charge >= 0.3 is 5.97 Å². The first-order chi connectivity index (χ1) is 8.26. The SMILES string of the molecule is COC(=O)c1ccc(-n2nnnc2CN)cc1. The molecule has 88 valence electrons. The van der Waals surface area contributed by atoms with E-state index in [1.807, 2.05) is 0 Å². The summed E-state index contributed by atoms with van der Waals surface area (Å²) in [6, 6.07) is 6.73. The topological polar surface area (TPSA) is 95.9 Å². The van der Waals surface area contributed by atoms with E-state index < -0.39 is 0 Å². The van der Waals surface area contributed by atoms with E-state index in [9.17, 15) is 4.79 Å². The Bertz CT molecular complexity index is 520.